The Bertz CT molecular complexity index is 537. The number of fused-ring (bicyclic) bond motifs is 1. The molecule has 3 heterocycles. The van der Waals surface area contributed by atoms with E-state index in [1.807, 2.05) is 18.2 Å². The van der Waals surface area contributed by atoms with Crippen LogP contribution in [0.25, 0.3) is 11.0 Å². The molecule has 0 aromatic carbocycles. The zero-order valence-electron chi connectivity index (χ0n) is 9.36. The van der Waals surface area contributed by atoms with E-state index in [4.69, 9.17) is 11.6 Å². The average Bonchev–Trinajstić information content (AvgIpc) is 2.39. The summed E-state index contributed by atoms with van der Waals surface area (Å²) in [5, 5.41) is 4.90. The lowest BCUT2D eigenvalue weighted by atomic mass is 10.2. The Morgan fingerprint density at radius 3 is 2.82 bits per heavy atom. The molecule has 0 saturated carbocycles. The molecule has 1 N–H and O–H groups in total. The molecule has 0 unspecified atom stereocenters. The predicted molar refractivity (Wildman–Crippen MR) is 69.6 cm³/mol. The number of piperazine rings is 1. The molecule has 1 aliphatic rings. The van der Waals surface area contributed by atoms with E-state index in [2.05, 4.69) is 20.2 Å². The largest absolute Gasteiger partial charge is 0.368 e. The second-order valence-electron chi connectivity index (χ2n) is 4.07. The molecular formula is C12H13ClN4. The molecule has 0 aliphatic carbocycles. The minimum absolute atomic E-state index is 0.488. The van der Waals surface area contributed by atoms with Crippen molar-refractivity contribution >= 4 is 28.3 Å². The molecule has 1 fully saturated rings. The molecular weight excluding hydrogens is 236 g/mol. The molecule has 1 aliphatic heterocycles. The van der Waals surface area contributed by atoms with E-state index < -0.39 is 0 Å². The third kappa shape index (κ3) is 2.06. The van der Waals surface area contributed by atoms with Gasteiger partial charge in [-0.15, -0.1) is 0 Å². The molecule has 0 bridgehead atoms. The number of halogens is 1. The lowest BCUT2D eigenvalue weighted by Gasteiger charge is -2.30. The van der Waals surface area contributed by atoms with Crippen LogP contribution < -0.4 is 10.2 Å². The summed E-state index contributed by atoms with van der Waals surface area (Å²) in [6, 6.07) is 5.86. The van der Waals surface area contributed by atoms with Crippen LogP contribution in [0.15, 0.2) is 24.4 Å². The number of hydrogen-bond donors (Lipinski definition) is 1. The smallest absolute Gasteiger partial charge is 0.162 e. The van der Waals surface area contributed by atoms with Gasteiger partial charge in [0.1, 0.15) is 5.15 Å². The van der Waals surface area contributed by atoms with Gasteiger partial charge in [0, 0.05) is 43.4 Å². The Morgan fingerprint density at radius 1 is 1.18 bits per heavy atom. The van der Waals surface area contributed by atoms with Crippen molar-refractivity contribution in [2.75, 3.05) is 31.1 Å². The molecule has 0 atom stereocenters. The highest BCUT2D eigenvalue weighted by Gasteiger charge is 2.13. The van der Waals surface area contributed by atoms with Crippen molar-refractivity contribution in [3.05, 3.63) is 29.5 Å². The van der Waals surface area contributed by atoms with Gasteiger partial charge in [-0.25, -0.2) is 9.97 Å². The molecule has 17 heavy (non-hydrogen) atoms. The van der Waals surface area contributed by atoms with Gasteiger partial charge in [0.05, 0.1) is 0 Å². The lowest BCUT2D eigenvalue weighted by molar-refractivity contribution is 0.590. The monoisotopic (exact) mass is 248 g/mol. The molecule has 0 spiro atoms. The van der Waals surface area contributed by atoms with Gasteiger partial charge >= 0.3 is 0 Å². The first-order valence-electron chi connectivity index (χ1n) is 5.71. The SMILES string of the molecule is Clc1ccc2c(N3CCNCC3)ccnc2n1. The van der Waals surface area contributed by atoms with Gasteiger partial charge < -0.3 is 10.2 Å². The summed E-state index contributed by atoms with van der Waals surface area (Å²) in [5.41, 5.74) is 1.91. The van der Waals surface area contributed by atoms with Gasteiger partial charge in [-0.05, 0) is 18.2 Å². The number of anilines is 1. The van der Waals surface area contributed by atoms with Gasteiger partial charge in [-0.2, -0.15) is 0 Å². The van der Waals surface area contributed by atoms with E-state index in [9.17, 15) is 0 Å². The summed E-state index contributed by atoms with van der Waals surface area (Å²) in [7, 11) is 0. The Morgan fingerprint density at radius 2 is 2.00 bits per heavy atom. The Balaban J connectivity index is 2.09. The predicted octanol–water partition coefficient (Wildman–Crippen LogP) is 1.69. The fraction of sp³-hybridized carbons (Fsp3) is 0.333. The van der Waals surface area contributed by atoms with E-state index in [1.165, 1.54) is 5.69 Å². The molecule has 0 radical (unpaired) electrons. The van der Waals surface area contributed by atoms with E-state index in [0.717, 1.165) is 31.6 Å². The number of nitrogens with one attached hydrogen (secondary N) is 1. The van der Waals surface area contributed by atoms with E-state index in [0.29, 0.717) is 10.8 Å². The quantitative estimate of drug-likeness (QED) is 0.780. The summed E-state index contributed by atoms with van der Waals surface area (Å²) >= 11 is 5.88. The molecule has 88 valence electrons. The number of nitrogens with zero attached hydrogens (tertiary/aromatic N) is 3. The van der Waals surface area contributed by atoms with Crippen LogP contribution in [0, 0.1) is 0 Å². The fourth-order valence-electron chi connectivity index (χ4n) is 2.17. The van der Waals surface area contributed by atoms with Crippen LogP contribution in [-0.4, -0.2) is 36.1 Å². The Labute approximate surface area is 105 Å². The van der Waals surface area contributed by atoms with E-state index in [-0.39, 0.29) is 0 Å². The van der Waals surface area contributed by atoms with Gasteiger partial charge in [0.25, 0.3) is 0 Å². The highest BCUT2D eigenvalue weighted by atomic mass is 35.5. The van der Waals surface area contributed by atoms with Crippen LogP contribution in [0.1, 0.15) is 0 Å². The first-order valence-corrected chi connectivity index (χ1v) is 6.09. The fourth-order valence-corrected chi connectivity index (χ4v) is 2.32. The third-order valence-electron chi connectivity index (χ3n) is 3.00. The first kappa shape index (κ1) is 10.7. The van der Waals surface area contributed by atoms with Crippen molar-refractivity contribution in [3.63, 3.8) is 0 Å². The van der Waals surface area contributed by atoms with Crippen molar-refractivity contribution in [1.29, 1.82) is 0 Å². The summed E-state index contributed by atoms with van der Waals surface area (Å²) in [4.78, 5) is 10.9. The Kier molecular flexibility index (Phi) is 2.82. The lowest BCUT2D eigenvalue weighted by Crippen LogP contribution is -2.43. The second kappa shape index (κ2) is 4.47. The zero-order valence-corrected chi connectivity index (χ0v) is 10.1. The summed E-state index contributed by atoms with van der Waals surface area (Å²) in [6.07, 6.45) is 1.79. The topological polar surface area (TPSA) is 41.0 Å². The van der Waals surface area contributed by atoms with Crippen molar-refractivity contribution in [1.82, 2.24) is 15.3 Å². The second-order valence-corrected chi connectivity index (χ2v) is 4.46. The van der Waals surface area contributed by atoms with Crippen molar-refractivity contribution in [2.45, 2.75) is 0 Å². The van der Waals surface area contributed by atoms with Gasteiger partial charge in [-0.1, -0.05) is 11.6 Å². The molecule has 2 aromatic heterocycles. The van der Waals surface area contributed by atoms with Gasteiger partial charge in [0.15, 0.2) is 5.65 Å². The third-order valence-corrected chi connectivity index (χ3v) is 3.21. The van der Waals surface area contributed by atoms with Crippen LogP contribution >= 0.6 is 11.6 Å². The minimum Gasteiger partial charge on any atom is -0.368 e. The maximum absolute atomic E-state index is 5.88. The maximum Gasteiger partial charge on any atom is 0.162 e. The van der Waals surface area contributed by atoms with Crippen LogP contribution in [0.5, 0.6) is 0 Å². The molecule has 2 aromatic rings. The number of pyridine rings is 2. The first-order chi connectivity index (χ1) is 8.34. The van der Waals surface area contributed by atoms with Crippen LogP contribution in [0.3, 0.4) is 0 Å². The highest BCUT2D eigenvalue weighted by molar-refractivity contribution is 6.29. The highest BCUT2D eigenvalue weighted by Crippen LogP contribution is 2.25. The van der Waals surface area contributed by atoms with Gasteiger partial charge in [-0.3, -0.25) is 0 Å². The number of rotatable bonds is 1. The Hall–Kier alpha value is -1.39. The summed E-state index contributed by atoms with van der Waals surface area (Å²) in [5.74, 6) is 0. The van der Waals surface area contributed by atoms with E-state index >= 15 is 0 Å². The van der Waals surface area contributed by atoms with Crippen LogP contribution in [0.4, 0.5) is 5.69 Å². The van der Waals surface area contributed by atoms with E-state index in [1.54, 1.807) is 6.20 Å². The summed E-state index contributed by atoms with van der Waals surface area (Å²) in [6.45, 7) is 4.07. The molecule has 3 rings (SSSR count). The normalized spacial score (nSPS) is 16.4. The van der Waals surface area contributed by atoms with Gasteiger partial charge in [0.2, 0.25) is 0 Å². The number of hydrogen-bond acceptors (Lipinski definition) is 4. The molecule has 1 saturated heterocycles. The van der Waals surface area contributed by atoms with Crippen molar-refractivity contribution in [2.24, 2.45) is 0 Å². The van der Waals surface area contributed by atoms with Crippen LogP contribution in [-0.2, 0) is 0 Å². The standard InChI is InChI=1S/C12H13ClN4/c13-11-2-1-9-10(3-4-15-12(9)16-11)17-7-5-14-6-8-17/h1-4,14H,5-8H2. The summed E-state index contributed by atoms with van der Waals surface area (Å²) < 4.78 is 0. The maximum atomic E-state index is 5.88. The molecule has 4 nitrogen and oxygen atoms in total. The molecule has 0 amide bonds. The van der Waals surface area contributed by atoms with Crippen LogP contribution in [0.2, 0.25) is 5.15 Å². The van der Waals surface area contributed by atoms with Crippen molar-refractivity contribution in [3.8, 4) is 0 Å². The number of aromatic nitrogens is 2. The zero-order chi connectivity index (χ0) is 11.7. The molecule has 5 heteroatoms. The average molecular weight is 249 g/mol. The minimum atomic E-state index is 0.488. The van der Waals surface area contributed by atoms with Crippen molar-refractivity contribution < 1.29 is 0 Å².